The van der Waals surface area contributed by atoms with Gasteiger partial charge in [-0.1, -0.05) is 49.6 Å². The van der Waals surface area contributed by atoms with Crippen molar-refractivity contribution in [3.63, 3.8) is 0 Å². The van der Waals surface area contributed by atoms with Crippen LogP contribution >= 0.6 is 0 Å². The molecule has 1 N–H and O–H groups in total. The zero-order valence-corrected chi connectivity index (χ0v) is 15.5. The fourth-order valence-corrected chi connectivity index (χ4v) is 3.21. The van der Waals surface area contributed by atoms with Crippen LogP contribution < -0.4 is 5.32 Å². The monoisotopic (exact) mass is 345 g/mol. The lowest BCUT2D eigenvalue weighted by atomic mass is 9.95. The Bertz CT molecular complexity index is 539. The van der Waals surface area contributed by atoms with Crippen molar-refractivity contribution < 1.29 is 9.59 Å². The van der Waals surface area contributed by atoms with Gasteiger partial charge >= 0.3 is 0 Å². The largest absolute Gasteiger partial charge is 0.352 e. The summed E-state index contributed by atoms with van der Waals surface area (Å²) in [4.78, 5) is 28.7. The molecule has 0 saturated heterocycles. The molecule has 0 aliphatic heterocycles. The maximum Gasteiger partial charge on any atom is 0.239 e. The van der Waals surface area contributed by atoms with Crippen molar-refractivity contribution in [1.29, 1.82) is 0 Å². The maximum atomic E-state index is 12.6. The van der Waals surface area contributed by atoms with Gasteiger partial charge in [0, 0.05) is 25.6 Å². The number of nitrogens with zero attached hydrogens (tertiary/aromatic N) is 2. The number of carbonyl (C=O) groups excluding carboxylic acids is 2. The second-order valence-electron chi connectivity index (χ2n) is 7.19. The highest BCUT2D eigenvalue weighted by Crippen LogP contribution is 2.17. The Kier molecular flexibility index (Phi) is 7.92. The van der Waals surface area contributed by atoms with E-state index in [4.69, 9.17) is 0 Å². The van der Waals surface area contributed by atoms with Crippen molar-refractivity contribution in [2.24, 2.45) is 0 Å². The van der Waals surface area contributed by atoms with Gasteiger partial charge in [-0.3, -0.25) is 9.59 Å². The predicted molar refractivity (Wildman–Crippen MR) is 100 cm³/mol. The van der Waals surface area contributed by atoms with Gasteiger partial charge in [-0.15, -0.1) is 0 Å². The van der Waals surface area contributed by atoms with E-state index in [1.807, 2.05) is 49.3 Å². The molecule has 25 heavy (non-hydrogen) atoms. The quantitative estimate of drug-likeness (QED) is 0.787. The van der Waals surface area contributed by atoms with Crippen LogP contribution in [-0.2, 0) is 16.1 Å². The van der Waals surface area contributed by atoms with Crippen molar-refractivity contribution in [3.05, 3.63) is 35.9 Å². The molecule has 0 radical (unpaired) electrons. The molecule has 138 valence electrons. The smallest absolute Gasteiger partial charge is 0.239 e. The molecule has 0 atom stereocenters. The topological polar surface area (TPSA) is 52.7 Å². The van der Waals surface area contributed by atoms with Crippen LogP contribution in [0.25, 0.3) is 0 Å². The van der Waals surface area contributed by atoms with Gasteiger partial charge in [-0.2, -0.15) is 0 Å². The van der Waals surface area contributed by atoms with Crippen LogP contribution in [0.5, 0.6) is 0 Å². The molecule has 2 amide bonds. The first-order valence-electron chi connectivity index (χ1n) is 9.30. The summed E-state index contributed by atoms with van der Waals surface area (Å²) in [5.41, 5.74) is 1.05. The van der Waals surface area contributed by atoms with E-state index in [1.54, 1.807) is 4.90 Å². The summed E-state index contributed by atoms with van der Waals surface area (Å²) in [7, 11) is 3.90. The van der Waals surface area contributed by atoms with Crippen LogP contribution in [0.2, 0.25) is 0 Å². The van der Waals surface area contributed by atoms with Crippen LogP contribution in [0.15, 0.2) is 30.3 Å². The van der Waals surface area contributed by atoms with E-state index in [0.29, 0.717) is 19.5 Å². The molecule has 1 aromatic rings. The van der Waals surface area contributed by atoms with Crippen LogP contribution in [0.1, 0.15) is 44.1 Å². The summed E-state index contributed by atoms with van der Waals surface area (Å²) < 4.78 is 0. The first-order chi connectivity index (χ1) is 12.0. The molecule has 1 aliphatic rings. The average Bonchev–Trinajstić information content (AvgIpc) is 2.60. The van der Waals surface area contributed by atoms with Gasteiger partial charge in [0.25, 0.3) is 0 Å². The highest BCUT2D eigenvalue weighted by Gasteiger charge is 2.20. The summed E-state index contributed by atoms with van der Waals surface area (Å²) in [5, 5.41) is 3.11. The number of benzene rings is 1. The Balaban J connectivity index is 1.94. The number of hydrogen-bond acceptors (Lipinski definition) is 3. The Morgan fingerprint density at radius 1 is 1.08 bits per heavy atom. The molecule has 1 fully saturated rings. The minimum absolute atomic E-state index is 0.0244. The third-order valence-corrected chi connectivity index (χ3v) is 4.65. The second kappa shape index (κ2) is 10.2. The number of rotatable bonds is 8. The van der Waals surface area contributed by atoms with Gasteiger partial charge in [-0.25, -0.2) is 0 Å². The van der Waals surface area contributed by atoms with Gasteiger partial charge in [0.15, 0.2) is 0 Å². The lowest BCUT2D eigenvalue weighted by Gasteiger charge is -2.26. The van der Waals surface area contributed by atoms with E-state index >= 15 is 0 Å². The van der Waals surface area contributed by atoms with Crippen LogP contribution in [-0.4, -0.2) is 54.8 Å². The first kappa shape index (κ1) is 19.4. The van der Waals surface area contributed by atoms with Gasteiger partial charge in [0.1, 0.15) is 0 Å². The highest BCUT2D eigenvalue weighted by molar-refractivity contribution is 5.85. The molecule has 2 rings (SSSR count). The molecule has 1 aliphatic carbocycles. The van der Waals surface area contributed by atoms with Crippen molar-refractivity contribution >= 4 is 11.8 Å². The molecule has 0 bridgehead atoms. The minimum Gasteiger partial charge on any atom is -0.352 e. The van der Waals surface area contributed by atoms with E-state index in [1.165, 1.54) is 19.3 Å². The first-order valence-corrected chi connectivity index (χ1v) is 9.30. The van der Waals surface area contributed by atoms with Crippen LogP contribution in [0.3, 0.4) is 0 Å². The van der Waals surface area contributed by atoms with Crippen LogP contribution in [0, 0.1) is 0 Å². The molecule has 5 heteroatoms. The van der Waals surface area contributed by atoms with E-state index in [9.17, 15) is 9.59 Å². The summed E-state index contributed by atoms with van der Waals surface area (Å²) >= 11 is 0. The summed E-state index contributed by atoms with van der Waals surface area (Å²) in [6, 6.07) is 10.1. The summed E-state index contributed by atoms with van der Waals surface area (Å²) in [6.07, 6.45) is 6.16. The third kappa shape index (κ3) is 7.26. The standard InChI is InChI=1S/C20H31N3O2/c1-22(2)14-13-20(25)23(15-17-9-5-3-6-10-17)16-19(24)21-18-11-7-4-8-12-18/h3,5-6,9-10,18H,4,7-8,11-16H2,1-2H3,(H,21,24). The van der Waals surface area contributed by atoms with Crippen molar-refractivity contribution in [2.45, 2.75) is 51.1 Å². The molecule has 0 spiro atoms. The molecule has 0 heterocycles. The zero-order chi connectivity index (χ0) is 18.1. The molecule has 0 aromatic heterocycles. The lowest BCUT2D eigenvalue weighted by molar-refractivity contribution is -0.137. The van der Waals surface area contributed by atoms with E-state index < -0.39 is 0 Å². The lowest BCUT2D eigenvalue weighted by Crippen LogP contribution is -2.44. The molecule has 0 unspecified atom stereocenters. The number of carbonyl (C=O) groups is 2. The van der Waals surface area contributed by atoms with E-state index in [2.05, 4.69) is 5.32 Å². The number of nitrogens with one attached hydrogen (secondary N) is 1. The number of amides is 2. The van der Waals surface area contributed by atoms with Gasteiger partial charge in [0.05, 0.1) is 6.54 Å². The Morgan fingerprint density at radius 2 is 1.76 bits per heavy atom. The highest BCUT2D eigenvalue weighted by atomic mass is 16.2. The van der Waals surface area contributed by atoms with Gasteiger partial charge in [-0.05, 0) is 32.5 Å². The third-order valence-electron chi connectivity index (χ3n) is 4.65. The summed E-state index contributed by atoms with van der Waals surface area (Å²) in [5.74, 6) is -0.0163. The van der Waals surface area contributed by atoms with Gasteiger partial charge < -0.3 is 15.1 Å². The molecule has 5 nitrogen and oxygen atoms in total. The second-order valence-corrected chi connectivity index (χ2v) is 7.19. The van der Waals surface area contributed by atoms with Crippen LogP contribution in [0.4, 0.5) is 0 Å². The molecule has 1 saturated carbocycles. The summed E-state index contributed by atoms with van der Waals surface area (Å²) in [6.45, 7) is 1.30. The van der Waals surface area contributed by atoms with Gasteiger partial charge in [0.2, 0.25) is 11.8 Å². The fourth-order valence-electron chi connectivity index (χ4n) is 3.21. The minimum atomic E-state index is -0.0407. The molecular formula is C20H31N3O2. The Hall–Kier alpha value is -1.88. The zero-order valence-electron chi connectivity index (χ0n) is 15.5. The Morgan fingerprint density at radius 3 is 2.40 bits per heavy atom. The van der Waals surface area contributed by atoms with E-state index in [0.717, 1.165) is 18.4 Å². The van der Waals surface area contributed by atoms with Crippen molar-refractivity contribution in [2.75, 3.05) is 27.2 Å². The molecule has 1 aromatic carbocycles. The SMILES string of the molecule is CN(C)CCC(=O)N(CC(=O)NC1CCCCC1)Cc1ccccc1. The van der Waals surface area contributed by atoms with E-state index in [-0.39, 0.29) is 24.4 Å². The average molecular weight is 345 g/mol. The number of hydrogen-bond donors (Lipinski definition) is 1. The normalized spacial score (nSPS) is 15.2. The van der Waals surface area contributed by atoms with Crippen molar-refractivity contribution in [1.82, 2.24) is 15.1 Å². The molecular weight excluding hydrogens is 314 g/mol. The van der Waals surface area contributed by atoms with Crippen molar-refractivity contribution in [3.8, 4) is 0 Å². The Labute approximate surface area is 151 Å². The fraction of sp³-hybridized carbons (Fsp3) is 0.600. The maximum absolute atomic E-state index is 12.6. The predicted octanol–water partition coefficient (Wildman–Crippen LogP) is 2.42.